The highest BCUT2D eigenvalue weighted by molar-refractivity contribution is 6.38. The molecule has 0 saturated heterocycles. The summed E-state index contributed by atoms with van der Waals surface area (Å²) < 4.78 is 5.48. The van der Waals surface area contributed by atoms with Crippen LogP contribution in [-0.4, -0.2) is 71.7 Å². The van der Waals surface area contributed by atoms with Gasteiger partial charge in [0.25, 0.3) is 5.91 Å². The number of hydrogen-bond acceptors (Lipinski definition) is 8. The van der Waals surface area contributed by atoms with Crippen LogP contribution in [-0.2, 0) is 39.9 Å². The average molecular weight is 771 g/mol. The van der Waals surface area contributed by atoms with E-state index in [4.69, 9.17) is 10.5 Å². The van der Waals surface area contributed by atoms with Crippen molar-refractivity contribution in [2.24, 2.45) is 11.7 Å². The minimum absolute atomic E-state index is 0.0358. The average Bonchev–Trinajstić information content (AvgIpc) is 3.17. The number of nitrogens with two attached hydrogens (primary N) is 1. The molecule has 56 heavy (non-hydrogen) atoms. The zero-order valence-electron chi connectivity index (χ0n) is 32.5. The summed E-state index contributed by atoms with van der Waals surface area (Å²) in [5.74, 6) is -5.17. The predicted octanol–water partition coefficient (Wildman–Crippen LogP) is 3.65. The number of Topliss-reactive ketones (excluding diaryl/α,β-unsaturated/α-hetero) is 1. The third-order valence-corrected chi connectivity index (χ3v) is 9.53. The molecule has 0 radical (unpaired) electrons. The maximum Gasteiger partial charge on any atom is 0.408 e. The van der Waals surface area contributed by atoms with E-state index in [2.05, 4.69) is 26.6 Å². The van der Waals surface area contributed by atoms with Gasteiger partial charge in [0.1, 0.15) is 23.7 Å². The Morgan fingerprint density at radius 2 is 1.41 bits per heavy atom. The summed E-state index contributed by atoms with van der Waals surface area (Å²) in [7, 11) is 0. The molecule has 1 aliphatic carbocycles. The molecule has 14 heteroatoms. The van der Waals surface area contributed by atoms with E-state index in [0.29, 0.717) is 24.8 Å². The van der Waals surface area contributed by atoms with Gasteiger partial charge in [0.05, 0.1) is 12.6 Å². The first-order chi connectivity index (χ1) is 26.6. The minimum Gasteiger partial charge on any atom is -0.444 e. The lowest BCUT2D eigenvalue weighted by Crippen LogP contribution is -2.59. The third-order valence-electron chi connectivity index (χ3n) is 9.53. The largest absolute Gasteiger partial charge is 0.444 e. The highest BCUT2D eigenvalue weighted by atomic mass is 16.6. The second-order valence-electron chi connectivity index (χ2n) is 15.2. The van der Waals surface area contributed by atoms with Gasteiger partial charge in [0.2, 0.25) is 29.4 Å². The molecule has 4 atom stereocenters. The number of carbonyl (C=O) groups is 7. The molecule has 1 saturated carbocycles. The normalized spacial score (nSPS) is 15.3. The summed E-state index contributed by atoms with van der Waals surface area (Å²) >= 11 is 0. The minimum atomic E-state index is -1.29. The summed E-state index contributed by atoms with van der Waals surface area (Å²) in [6.45, 7) is 6.31. The van der Waals surface area contributed by atoms with Crippen molar-refractivity contribution in [2.75, 3.05) is 6.54 Å². The molecular formula is C42H54N6O8. The molecule has 3 aromatic rings. The molecule has 3 aromatic carbocycles. The Morgan fingerprint density at radius 3 is 2.05 bits per heavy atom. The maximum absolute atomic E-state index is 14.1. The lowest BCUT2D eigenvalue weighted by atomic mass is 9.83. The Morgan fingerprint density at radius 1 is 0.768 bits per heavy atom. The van der Waals surface area contributed by atoms with Crippen LogP contribution in [0.1, 0.15) is 89.8 Å². The van der Waals surface area contributed by atoms with Gasteiger partial charge in [0, 0.05) is 6.42 Å². The third kappa shape index (κ3) is 12.9. The van der Waals surface area contributed by atoms with Crippen LogP contribution in [0.2, 0.25) is 0 Å². The standard InChI is InChI=1S/C42H54N6O8/c1-5-14-31(36(50)40(54)44-25-33(49)47-34(37(43)51)28-16-8-6-9-17-28)45-38(52)32(24-26-21-22-27-15-12-13-20-30(27)23-26)46-39(53)35(29-18-10-7-11-19-29)48-41(55)56-42(2,3)4/h6,8-9,12-13,15-17,20-23,29,31-32,34-35H,5,7,10-11,14,18-19,24-25H2,1-4H3,(H2,43,51)(H,44,54)(H,45,52)(H,46,53)(H,47,49)(H,48,55)/t31?,32-,34-,35-/m0/s1. The Bertz CT molecular complexity index is 1870. The van der Waals surface area contributed by atoms with E-state index in [9.17, 15) is 33.6 Å². The van der Waals surface area contributed by atoms with Gasteiger partial charge in [0.15, 0.2) is 0 Å². The fourth-order valence-electron chi connectivity index (χ4n) is 6.78. The van der Waals surface area contributed by atoms with Crippen molar-refractivity contribution in [1.29, 1.82) is 0 Å². The smallest absolute Gasteiger partial charge is 0.408 e. The Labute approximate surface area is 327 Å². The molecule has 14 nitrogen and oxygen atoms in total. The van der Waals surface area contributed by atoms with Crippen LogP contribution in [0.4, 0.5) is 4.79 Å². The summed E-state index contributed by atoms with van der Waals surface area (Å²) in [4.78, 5) is 92.4. The van der Waals surface area contributed by atoms with E-state index in [-0.39, 0.29) is 18.8 Å². The molecule has 4 rings (SSSR count). The summed E-state index contributed by atoms with van der Waals surface area (Å²) in [5, 5.41) is 14.9. The highest BCUT2D eigenvalue weighted by Crippen LogP contribution is 2.27. The van der Waals surface area contributed by atoms with Crippen molar-refractivity contribution < 1.29 is 38.3 Å². The number of carbonyl (C=O) groups excluding carboxylic acids is 7. The van der Waals surface area contributed by atoms with E-state index < -0.39 is 77.7 Å². The first-order valence-electron chi connectivity index (χ1n) is 19.2. The highest BCUT2D eigenvalue weighted by Gasteiger charge is 2.36. The summed E-state index contributed by atoms with van der Waals surface area (Å²) in [5.41, 5.74) is 5.84. The quantitative estimate of drug-likeness (QED) is 0.111. The number of nitrogens with one attached hydrogen (secondary N) is 5. The number of benzene rings is 3. The van der Waals surface area contributed by atoms with Crippen molar-refractivity contribution in [1.82, 2.24) is 26.6 Å². The van der Waals surface area contributed by atoms with E-state index in [0.717, 1.165) is 35.6 Å². The monoisotopic (exact) mass is 770 g/mol. The van der Waals surface area contributed by atoms with Crippen molar-refractivity contribution in [3.8, 4) is 0 Å². The van der Waals surface area contributed by atoms with Gasteiger partial charge >= 0.3 is 6.09 Å². The van der Waals surface area contributed by atoms with E-state index in [1.54, 1.807) is 58.0 Å². The number of ketones is 1. The molecule has 0 spiro atoms. The SMILES string of the molecule is CCCC(NC(=O)[C@H](Cc1ccc2ccccc2c1)NC(=O)[C@@H](NC(=O)OC(C)(C)C)C1CCCCC1)C(=O)C(=O)NCC(=O)N[C@H](C(N)=O)c1ccccc1. The lowest BCUT2D eigenvalue weighted by Gasteiger charge is -2.32. The summed E-state index contributed by atoms with van der Waals surface area (Å²) in [6, 6.07) is 17.0. The molecule has 0 bridgehead atoms. The topological polar surface area (TPSA) is 215 Å². The van der Waals surface area contributed by atoms with Gasteiger partial charge < -0.3 is 37.1 Å². The van der Waals surface area contributed by atoms with E-state index >= 15 is 0 Å². The zero-order valence-corrected chi connectivity index (χ0v) is 32.5. The van der Waals surface area contributed by atoms with Crippen molar-refractivity contribution in [3.63, 3.8) is 0 Å². The number of primary amides is 1. The zero-order chi connectivity index (χ0) is 40.8. The van der Waals surface area contributed by atoms with Crippen LogP contribution in [0.3, 0.4) is 0 Å². The van der Waals surface area contributed by atoms with Crippen molar-refractivity contribution in [2.45, 2.75) is 109 Å². The molecule has 1 unspecified atom stereocenters. The number of amides is 6. The number of ether oxygens (including phenoxy) is 1. The summed E-state index contributed by atoms with van der Waals surface area (Å²) in [6.07, 6.45) is 3.96. The van der Waals surface area contributed by atoms with Gasteiger partial charge in [-0.2, -0.15) is 0 Å². The molecule has 7 N–H and O–H groups in total. The van der Waals surface area contributed by atoms with Crippen LogP contribution in [0.5, 0.6) is 0 Å². The molecule has 1 aliphatic rings. The predicted molar refractivity (Wildman–Crippen MR) is 211 cm³/mol. The van der Waals surface area contributed by atoms with Gasteiger partial charge in [-0.3, -0.25) is 28.8 Å². The van der Waals surface area contributed by atoms with Gasteiger partial charge in [-0.25, -0.2) is 4.79 Å². The lowest BCUT2D eigenvalue weighted by molar-refractivity contribution is -0.141. The van der Waals surface area contributed by atoms with Crippen molar-refractivity contribution in [3.05, 3.63) is 83.9 Å². The van der Waals surface area contributed by atoms with Crippen LogP contribution < -0.4 is 32.3 Å². The van der Waals surface area contributed by atoms with E-state index in [1.165, 1.54) is 0 Å². The molecule has 6 amide bonds. The van der Waals surface area contributed by atoms with Crippen LogP contribution in [0.25, 0.3) is 10.8 Å². The van der Waals surface area contributed by atoms with Gasteiger partial charge in [-0.05, 0) is 67.9 Å². The Hall–Kier alpha value is -5.79. The first kappa shape index (κ1) is 42.9. The molecular weight excluding hydrogens is 716 g/mol. The number of fused-ring (bicyclic) bond motifs is 1. The molecule has 300 valence electrons. The van der Waals surface area contributed by atoms with Gasteiger partial charge in [-0.1, -0.05) is 105 Å². The maximum atomic E-state index is 14.1. The fraction of sp³-hybridized carbons (Fsp3) is 0.452. The number of alkyl carbamates (subject to hydrolysis) is 1. The van der Waals surface area contributed by atoms with Crippen molar-refractivity contribution >= 4 is 52.2 Å². The molecule has 0 aliphatic heterocycles. The Kier molecular flexibility index (Phi) is 15.5. The van der Waals surface area contributed by atoms with Gasteiger partial charge in [-0.15, -0.1) is 0 Å². The number of rotatable bonds is 17. The second kappa shape index (κ2) is 20.2. The Balaban J connectivity index is 1.52. The first-order valence-corrected chi connectivity index (χ1v) is 19.2. The molecule has 1 fully saturated rings. The van der Waals surface area contributed by atoms with Crippen LogP contribution >= 0.6 is 0 Å². The van der Waals surface area contributed by atoms with Crippen LogP contribution in [0, 0.1) is 5.92 Å². The van der Waals surface area contributed by atoms with Crippen LogP contribution in [0.15, 0.2) is 72.8 Å². The van der Waals surface area contributed by atoms with E-state index in [1.807, 2.05) is 42.5 Å². The second-order valence-corrected chi connectivity index (χ2v) is 15.2. The molecule has 0 heterocycles. The fourth-order valence-corrected chi connectivity index (χ4v) is 6.78. The molecule has 0 aromatic heterocycles. The number of hydrogen-bond donors (Lipinski definition) is 6.